The quantitative estimate of drug-likeness (QED) is 0.0636. The van der Waals surface area contributed by atoms with Crippen molar-refractivity contribution >= 4 is 0 Å². The summed E-state index contributed by atoms with van der Waals surface area (Å²) in [6.45, 7) is 15.5. The van der Waals surface area contributed by atoms with Gasteiger partial charge < -0.3 is 5.32 Å². The smallest absolute Gasteiger partial charge is 0.00672 e. The van der Waals surface area contributed by atoms with Crippen molar-refractivity contribution in [1.29, 1.82) is 0 Å². The van der Waals surface area contributed by atoms with E-state index in [0.29, 0.717) is 5.41 Å². The molecule has 48 heavy (non-hydrogen) atoms. The highest BCUT2D eigenvalue weighted by Gasteiger charge is 2.21. The molecule has 1 unspecified atom stereocenters. The summed E-state index contributed by atoms with van der Waals surface area (Å²) in [6.07, 6.45) is 53.9. The van der Waals surface area contributed by atoms with Crippen LogP contribution in [0, 0.1) is 11.3 Å². The number of unbranched alkanes of at least 4 members (excludes halogenated alkanes) is 32. The first-order chi connectivity index (χ1) is 23.4. The lowest BCUT2D eigenvalue weighted by molar-refractivity contribution is 0.252. The maximum absolute atomic E-state index is 4.07. The zero-order chi connectivity index (χ0) is 35.2. The van der Waals surface area contributed by atoms with Crippen molar-refractivity contribution in [3.05, 3.63) is 0 Å². The summed E-state index contributed by atoms with van der Waals surface area (Å²) in [4.78, 5) is 0. The van der Waals surface area contributed by atoms with Crippen LogP contribution < -0.4 is 5.32 Å². The van der Waals surface area contributed by atoms with E-state index in [4.69, 9.17) is 0 Å². The van der Waals surface area contributed by atoms with Crippen LogP contribution in [-0.2, 0) is 0 Å². The molecular formula is C47H97N. The molecule has 0 heterocycles. The van der Waals surface area contributed by atoms with Gasteiger partial charge in [0, 0.05) is 12.6 Å². The maximum Gasteiger partial charge on any atom is 0.00672 e. The largest absolute Gasteiger partial charge is 0.313 e. The molecule has 0 bridgehead atoms. The highest BCUT2D eigenvalue weighted by molar-refractivity contribution is 4.77. The first-order valence-electron chi connectivity index (χ1n) is 23.1. The van der Waals surface area contributed by atoms with Crippen LogP contribution in [-0.4, -0.2) is 12.6 Å². The average Bonchev–Trinajstić information content (AvgIpc) is 3.05. The Balaban J connectivity index is 3.85. The van der Waals surface area contributed by atoms with Gasteiger partial charge in [0.15, 0.2) is 0 Å². The van der Waals surface area contributed by atoms with Crippen LogP contribution in [0.4, 0.5) is 0 Å². The fourth-order valence-electron chi connectivity index (χ4n) is 8.18. The third-order valence-electron chi connectivity index (χ3n) is 11.1. The topological polar surface area (TPSA) is 12.0 Å². The Morgan fingerprint density at radius 3 is 0.812 bits per heavy atom. The Hall–Kier alpha value is -0.0400. The summed E-state index contributed by atoms with van der Waals surface area (Å²) >= 11 is 0. The van der Waals surface area contributed by atoms with E-state index in [1.807, 2.05) is 0 Å². The highest BCUT2D eigenvalue weighted by atomic mass is 14.9. The van der Waals surface area contributed by atoms with Crippen LogP contribution in [0.15, 0.2) is 0 Å². The van der Waals surface area contributed by atoms with Crippen LogP contribution in [0.1, 0.15) is 279 Å². The molecule has 0 spiro atoms. The highest BCUT2D eigenvalue weighted by Crippen LogP contribution is 2.25. The summed E-state index contributed by atoms with van der Waals surface area (Å²) in [5.74, 6) is 0.788. The summed E-state index contributed by atoms with van der Waals surface area (Å²) in [5, 5.41) is 4.07. The first-order valence-corrected chi connectivity index (χ1v) is 23.1. The van der Waals surface area contributed by atoms with Crippen LogP contribution in [0.2, 0.25) is 0 Å². The molecule has 1 heteroatoms. The van der Waals surface area contributed by atoms with E-state index in [-0.39, 0.29) is 0 Å². The van der Waals surface area contributed by atoms with Crippen LogP contribution >= 0.6 is 0 Å². The van der Waals surface area contributed by atoms with Gasteiger partial charge in [-0.3, -0.25) is 0 Å². The Kier molecular flexibility index (Phi) is 38.2. The standard InChI is InChI=1S/C47H97N/c1-7-9-11-13-15-17-19-21-23-24-25-26-28-30-32-34-36-38-40-42-46(48-44-47(5,6)43-45(3)4)41-39-37-35-33-31-29-27-22-20-18-16-14-12-10-8-2/h45-46,48H,7-44H2,1-6H3. The molecule has 0 radical (unpaired) electrons. The molecule has 290 valence electrons. The van der Waals surface area contributed by atoms with Crippen LogP contribution in [0.25, 0.3) is 0 Å². The van der Waals surface area contributed by atoms with E-state index < -0.39 is 0 Å². The summed E-state index contributed by atoms with van der Waals surface area (Å²) in [5.41, 5.74) is 0.412. The van der Waals surface area contributed by atoms with E-state index in [9.17, 15) is 0 Å². The van der Waals surface area contributed by atoms with E-state index in [1.54, 1.807) is 0 Å². The van der Waals surface area contributed by atoms with E-state index >= 15 is 0 Å². The molecule has 1 atom stereocenters. The summed E-state index contributed by atoms with van der Waals surface area (Å²) < 4.78 is 0. The minimum Gasteiger partial charge on any atom is -0.313 e. The van der Waals surface area contributed by atoms with Crippen LogP contribution in [0.3, 0.4) is 0 Å². The molecule has 0 aromatic carbocycles. The molecule has 0 aliphatic heterocycles. The lowest BCUT2D eigenvalue weighted by atomic mass is 9.83. The first kappa shape index (κ1) is 48.0. The number of nitrogens with one attached hydrogen (secondary N) is 1. The van der Waals surface area contributed by atoms with Crippen molar-refractivity contribution in [3.8, 4) is 0 Å². The molecule has 0 fully saturated rings. The van der Waals surface area contributed by atoms with Gasteiger partial charge in [0.1, 0.15) is 0 Å². The van der Waals surface area contributed by atoms with Gasteiger partial charge in [-0.05, 0) is 30.6 Å². The Labute approximate surface area is 307 Å². The third-order valence-corrected chi connectivity index (χ3v) is 11.1. The van der Waals surface area contributed by atoms with Gasteiger partial charge in [0.25, 0.3) is 0 Å². The van der Waals surface area contributed by atoms with Crippen molar-refractivity contribution in [2.75, 3.05) is 6.54 Å². The van der Waals surface area contributed by atoms with Gasteiger partial charge in [-0.1, -0.05) is 260 Å². The molecule has 0 aliphatic rings. The van der Waals surface area contributed by atoms with Gasteiger partial charge in [-0.2, -0.15) is 0 Å². The van der Waals surface area contributed by atoms with Gasteiger partial charge in [0.2, 0.25) is 0 Å². The lowest BCUT2D eigenvalue weighted by Crippen LogP contribution is -2.37. The second kappa shape index (κ2) is 38.2. The molecule has 0 aromatic heterocycles. The van der Waals surface area contributed by atoms with Gasteiger partial charge in [-0.25, -0.2) is 0 Å². The number of hydrogen-bond acceptors (Lipinski definition) is 1. The van der Waals surface area contributed by atoms with Crippen molar-refractivity contribution < 1.29 is 0 Å². The average molecular weight is 676 g/mol. The number of hydrogen-bond donors (Lipinski definition) is 1. The van der Waals surface area contributed by atoms with Gasteiger partial charge >= 0.3 is 0 Å². The Bertz CT molecular complexity index is 580. The normalized spacial score (nSPS) is 12.8. The van der Waals surface area contributed by atoms with Crippen molar-refractivity contribution in [3.63, 3.8) is 0 Å². The third kappa shape index (κ3) is 38.8. The molecule has 0 rings (SSSR count). The van der Waals surface area contributed by atoms with Gasteiger partial charge in [0.05, 0.1) is 0 Å². The van der Waals surface area contributed by atoms with E-state index in [2.05, 4.69) is 46.9 Å². The monoisotopic (exact) mass is 676 g/mol. The minimum absolute atomic E-state index is 0.412. The second-order valence-corrected chi connectivity index (χ2v) is 17.7. The van der Waals surface area contributed by atoms with Crippen molar-refractivity contribution in [1.82, 2.24) is 5.32 Å². The molecule has 0 amide bonds. The van der Waals surface area contributed by atoms with Crippen molar-refractivity contribution in [2.24, 2.45) is 11.3 Å². The minimum atomic E-state index is 0.412. The molecule has 1 N–H and O–H groups in total. The Morgan fingerprint density at radius 2 is 0.583 bits per heavy atom. The SMILES string of the molecule is CCCCCCCCCCCCCCCCCCCCCC(CCCCCCCCCCCCCCCCC)NCC(C)(C)CC(C)C. The van der Waals surface area contributed by atoms with Crippen molar-refractivity contribution in [2.45, 2.75) is 285 Å². The molecule has 0 aromatic rings. The molecule has 1 nitrogen and oxygen atoms in total. The zero-order valence-electron chi connectivity index (χ0n) is 35.0. The summed E-state index contributed by atoms with van der Waals surface area (Å²) in [7, 11) is 0. The van der Waals surface area contributed by atoms with Gasteiger partial charge in [-0.15, -0.1) is 0 Å². The predicted molar refractivity (Wildman–Crippen MR) is 223 cm³/mol. The van der Waals surface area contributed by atoms with E-state index in [0.717, 1.165) is 12.0 Å². The fourth-order valence-corrected chi connectivity index (χ4v) is 8.18. The lowest BCUT2D eigenvalue weighted by Gasteiger charge is -2.30. The molecule has 0 aliphatic carbocycles. The van der Waals surface area contributed by atoms with E-state index in [1.165, 1.54) is 244 Å². The van der Waals surface area contributed by atoms with Crippen LogP contribution in [0.5, 0.6) is 0 Å². The zero-order valence-corrected chi connectivity index (χ0v) is 35.0. The summed E-state index contributed by atoms with van der Waals surface area (Å²) in [6, 6.07) is 0.740. The fraction of sp³-hybridized carbons (Fsp3) is 1.00. The molecule has 0 saturated carbocycles. The number of rotatable bonds is 41. The molecule has 0 saturated heterocycles. The second-order valence-electron chi connectivity index (χ2n) is 17.7. The molecular weight excluding hydrogens is 579 g/mol. The Morgan fingerprint density at radius 1 is 0.354 bits per heavy atom. The maximum atomic E-state index is 4.07. The predicted octanol–water partition coefficient (Wildman–Crippen LogP) is 17.1.